The molecule has 50 heavy (non-hydrogen) atoms. The summed E-state index contributed by atoms with van der Waals surface area (Å²) < 4.78 is 33.8. The Morgan fingerprint density at radius 1 is 0.680 bits per heavy atom. The molecule has 0 spiro atoms. The highest BCUT2D eigenvalue weighted by Crippen LogP contribution is 2.33. The van der Waals surface area contributed by atoms with Gasteiger partial charge in [-0.05, 0) is 6.92 Å². The second-order valence-electron chi connectivity index (χ2n) is 12.4. The number of hydrogen-bond donors (Lipinski definition) is 14. The zero-order chi connectivity index (χ0) is 37.6. The van der Waals surface area contributed by atoms with Crippen molar-refractivity contribution >= 4 is 11.8 Å². The molecule has 3 saturated heterocycles. The van der Waals surface area contributed by atoms with Gasteiger partial charge in [-0.3, -0.25) is 9.59 Å². The third kappa shape index (κ3) is 10.00. The lowest BCUT2D eigenvalue weighted by atomic mass is 9.95. The maximum absolute atomic E-state index is 12.1. The average Bonchev–Trinajstić information content (AvgIpc) is 3.07. The first-order valence-electron chi connectivity index (χ1n) is 15.8. The monoisotopic (exact) mass is 734 g/mol. The van der Waals surface area contributed by atoms with Crippen LogP contribution in [0.5, 0.6) is 0 Å². The Morgan fingerprint density at radius 3 is 1.84 bits per heavy atom. The summed E-state index contributed by atoms with van der Waals surface area (Å²) in [4.78, 5) is 23.4. The molecule has 0 aromatic carbocycles. The van der Waals surface area contributed by atoms with Crippen molar-refractivity contribution in [1.82, 2.24) is 10.6 Å². The van der Waals surface area contributed by atoms with Crippen LogP contribution in [0.2, 0.25) is 0 Å². The zero-order valence-electron chi connectivity index (χ0n) is 27.4. The molecule has 3 fully saturated rings. The third-order valence-corrected chi connectivity index (χ3v) is 8.61. The molecule has 0 bridgehead atoms. The number of hydrogen-bond acceptors (Lipinski definition) is 20. The van der Waals surface area contributed by atoms with Gasteiger partial charge in [0, 0.05) is 13.8 Å². The Balaban J connectivity index is 1.81. The minimum Gasteiger partial charge on any atom is -0.394 e. The van der Waals surface area contributed by atoms with Crippen molar-refractivity contribution in [3.05, 3.63) is 0 Å². The molecular formula is C28H50N2O20. The highest BCUT2D eigenvalue weighted by molar-refractivity contribution is 5.73. The number of ether oxygens (including phenoxy) is 6. The SMILES string of the molecule is CC(=O)N[C@@H](CO)[C@@H](O)[C@@H](O)[C@H](O)COC1O[C@H](CO)[C@@H](O[C@@H]2O[C@H](CO)[C@H](O)[C@H](O)[C@H]2O[C@@H]2O[C@@H](C)[C@@H](O)[C@@H](O)[C@@H]2O)[C@H](O)[C@H]1NC(C)=O. The van der Waals surface area contributed by atoms with E-state index in [1.807, 2.05) is 0 Å². The number of amides is 2. The first-order valence-corrected chi connectivity index (χ1v) is 15.8. The molecule has 3 rings (SSSR count). The summed E-state index contributed by atoms with van der Waals surface area (Å²) in [5.74, 6) is -1.37. The van der Waals surface area contributed by atoms with E-state index in [2.05, 4.69) is 10.6 Å². The topological polar surface area (TPSA) is 356 Å². The second kappa shape index (κ2) is 18.8. The Kier molecular flexibility index (Phi) is 16.0. The van der Waals surface area contributed by atoms with Crippen molar-refractivity contribution in [3.63, 3.8) is 0 Å². The summed E-state index contributed by atoms with van der Waals surface area (Å²) in [6.07, 6.45) is -29.2. The van der Waals surface area contributed by atoms with Gasteiger partial charge >= 0.3 is 0 Å². The molecule has 0 aromatic heterocycles. The van der Waals surface area contributed by atoms with Crippen LogP contribution in [0.4, 0.5) is 0 Å². The number of carbonyl (C=O) groups is 2. The maximum Gasteiger partial charge on any atom is 0.217 e. The molecule has 1 unspecified atom stereocenters. The smallest absolute Gasteiger partial charge is 0.217 e. The first-order chi connectivity index (χ1) is 23.5. The molecule has 3 heterocycles. The Labute approximate surface area is 285 Å². The predicted octanol–water partition coefficient (Wildman–Crippen LogP) is -8.80. The molecular weight excluding hydrogens is 684 g/mol. The van der Waals surface area contributed by atoms with Gasteiger partial charge in [-0.15, -0.1) is 0 Å². The van der Waals surface area contributed by atoms with E-state index in [4.69, 9.17) is 28.4 Å². The molecule has 3 aliphatic heterocycles. The van der Waals surface area contributed by atoms with Gasteiger partial charge in [-0.2, -0.15) is 0 Å². The van der Waals surface area contributed by atoms with Crippen molar-refractivity contribution in [2.24, 2.45) is 0 Å². The Hall–Kier alpha value is -1.78. The van der Waals surface area contributed by atoms with Gasteiger partial charge in [-0.1, -0.05) is 0 Å². The largest absolute Gasteiger partial charge is 0.394 e. The van der Waals surface area contributed by atoms with Crippen LogP contribution >= 0.6 is 0 Å². The number of nitrogens with one attached hydrogen (secondary N) is 2. The molecule has 0 radical (unpaired) electrons. The highest BCUT2D eigenvalue weighted by Gasteiger charge is 2.54. The summed E-state index contributed by atoms with van der Waals surface area (Å²) in [7, 11) is 0. The van der Waals surface area contributed by atoms with E-state index in [0.717, 1.165) is 13.8 Å². The Bertz CT molecular complexity index is 1080. The van der Waals surface area contributed by atoms with Crippen molar-refractivity contribution in [2.75, 3.05) is 26.4 Å². The van der Waals surface area contributed by atoms with Crippen LogP contribution in [0.15, 0.2) is 0 Å². The van der Waals surface area contributed by atoms with E-state index in [1.165, 1.54) is 6.92 Å². The number of aliphatic hydroxyl groups excluding tert-OH is 12. The minimum absolute atomic E-state index is 0.641. The fourth-order valence-electron chi connectivity index (χ4n) is 5.77. The van der Waals surface area contributed by atoms with E-state index < -0.39 is 155 Å². The van der Waals surface area contributed by atoms with Crippen LogP contribution in [0, 0.1) is 0 Å². The lowest BCUT2D eigenvalue weighted by Gasteiger charge is -2.49. The van der Waals surface area contributed by atoms with Gasteiger partial charge in [-0.25, -0.2) is 0 Å². The number of rotatable bonds is 15. The first kappa shape index (κ1) is 42.6. The summed E-state index contributed by atoms with van der Waals surface area (Å²) >= 11 is 0. The predicted molar refractivity (Wildman–Crippen MR) is 158 cm³/mol. The van der Waals surface area contributed by atoms with Gasteiger partial charge in [0.2, 0.25) is 11.8 Å². The van der Waals surface area contributed by atoms with Gasteiger partial charge in [0.05, 0.1) is 38.6 Å². The lowest BCUT2D eigenvalue weighted by molar-refractivity contribution is -0.383. The van der Waals surface area contributed by atoms with Crippen LogP contribution < -0.4 is 10.6 Å². The van der Waals surface area contributed by atoms with Gasteiger partial charge < -0.3 is 100 Å². The second-order valence-corrected chi connectivity index (χ2v) is 12.4. The minimum atomic E-state index is -1.99. The third-order valence-electron chi connectivity index (χ3n) is 8.61. The van der Waals surface area contributed by atoms with Crippen LogP contribution in [0.1, 0.15) is 20.8 Å². The summed E-state index contributed by atoms with van der Waals surface area (Å²) in [6.45, 7) is 0.171. The molecule has 22 nitrogen and oxygen atoms in total. The van der Waals surface area contributed by atoms with Crippen LogP contribution in [-0.4, -0.2) is 216 Å². The van der Waals surface area contributed by atoms with Gasteiger partial charge in [0.1, 0.15) is 85.4 Å². The molecule has 0 aliphatic carbocycles. The van der Waals surface area contributed by atoms with E-state index in [0.29, 0.717) is 0 Å². The standard InChI is InChI=1S/C28H50N2O20/c1-8-16(37)21(42)23(44)27(46-8)50-25-22(43)19(40)13(5-32)47-28(25)49-24-14(6-33)48-26(15(20(24)41)30-10(3)35)45-7-12(36)18(39)17(38)11(4-31)29-9(2)34/h8,11-28,31-33,36-44H,4-7H2,1-3H3,(H,29,34)(H,30,35)/t8-,11-,12+,13+,14+,15+,16+,17+,18-,19-,20+,21+,22-,23-,24+,25+,26?,27-,28-/m0/s1. The lowest BCUT2D eigenvalue weighted by Crippen LogP contribution is -2.68. The highest BCUT2D eigenvalue weighted by atomic mass is 16.8. The van der Waals surface area contributed by atoms with E-state index >= 15 is 0 Å². The van der Waals surface area contributed by atoms with Gasteiger partial charge in [0.25, 0.3) is 0 Å². The fraction of sp³-hybridized carbons (Fsp3) is 0.929. The zero-order valence-corrected chi connectivity index (χ0v) is 27.4. The summed E-state index contributed by atoms with van der Waals surface area (Å²) in [5.41, 5.74) is 0. The van der Waals surface area contributed by atoms with Crippen LogP contribution in [-0.2, 0) is 38.0 Å². The molecule has 22 heteroatoms. The summed E-state index contributed by atoms with van der Waals surface area (Å²) in [6, 6.07) is -2.89. The normalized spacial score (nSPS) is 41.9. The quantitative estimate of drug-likeness (QED) is 0.0742. The van der Waals surface area contributed by atoms with Crippen molar-refractivity contribution in [1.29, 1.82) is 0 Å². The van der Waals surface area contributed by atoms with Crippen LogP contribution in [0.3, 0.4) is 0 Å². The molecule has 0 aromatic rings. The van der Waals surface area contributed by atoms with E-state index in [1.54, 1.807) is 0 Å². The maximum atomic E-state index is 12.1. The van der Waals surface area contributed by atoms with Crippen molar-refractivity contribution < 1.29 is 99.3 Å². The number of carbonyl (C=O) groups excluding carboxylic acids is 2. The number of aliphatic hydroxyl groups is 12. The van der Waals surface area contributed by atoms with Gasteiger partial charge in [0.15, 0.2) is 18.9 Å². The van der Waals surface area contributed by atoms with E-state index in [-0.39, 0.29) is 0 Å². The molecule has 2 amide bonds. The molecule has 19 atom stereocenters. The van der Waals surface area contributed by atoms with E-state index in [9.17, 15) is 70.9 Å². The Morgan fingerprint density at radius 2 is 1.28 bits per heavy atom. The molecule has 292 valence electrons. The molecule has 0 saturated carbocycles. The summed E-state index contributed by atoms with van der Waals surface area (Å²) in [5, 5.41) is 129. The molecule has 3 aliphatic rings. The van der Waals surface area contributed by atoms with Crippen molar-refractivity contribution in [3.8, 4) is 0 Å². The molecule has 14 N–H and O–H groups in total. The fourth-order valence-corrected chi connectivity index (χ4v) is 5.77. The average molecular weight is 735 g/mol. The van der Waals surface area contributed by atoms with Crippen molar-refractivity contribution in [2.45, 2.75) is 137 Å². The van der Waals surface area contributed by atoms with Crippen LogP contribution in [0.25, 0.3) is 0 Å².